The van der Waals surface area contributed by atoms with E-state index < -0.39 is 30.2 Å². The van der Waals surface area contributed by atoms with Gasteiger partial charge >= 0.3 is 6.09 Å². The predicted octanol–water partition coefficient (Wildman–Crippen LogP) is 3.48. The van der Waals surface area contributed by atoms with Crippen molar-refractivity contribution in [2.45, 2.75) is 37.5 Å². The molecule has 3 atom stereocenters. The molecule has 0 fully saturated rings. The van der Waals surface area contributed by atoms with E-state index in [1.165, 1.54) is 13.2 Å². The molecule has 2 bridgehead atoms. The molecule has 3 aromatic rings. The summed E-state index contributed by atoms with van der Waals surface area (Å²) in [5, 5.41) is 23.7. The van der Waals surface area contributed by atoms with Crippen LogP contribution in [-0.4, -0.2) is 57.9 Å². The summed E-state index contributed by atoms with van der Waals surface area (Å²) in [4.78, 5) is 45.4. The van der Waals surface area contributed by atoms with Crippen molar-refractivity contribution in [1.82, 2.24) is 20.7 Å². The number of amides is 3. The minimum absolute atomic E-state index is 0.190. The van der Waals surface area contributed by atoms with Crippen LogP contribution in [0.4, 0.5) is 16.2 Å². The first-order valence-electron chi connectivity index (χ1n) is 12.9. The molecule has 0 saturated carbocycles. The number of hydrazone groups is 1. The van der Waals surface area contributed by atoms with E-state index in [1.807, 2.05) is 12.1 Å². The zero-order chi connectivity index (χ0) is 28.9. The summed E-state index contributed by atoms with van der Waals surface area (Å²) in [7, 11) is 1.25. The second-order valence-electron chi connectivity index (χ2n) is 9.56. The van der Waals surface area contributed by atoms with E-state index in [2.05, 4.69) is 41.2 Å². The molecule has 3 amide bonds. The lowest BCUT2D eigenvalue weighted by Crippen LogP contribution is -2.42. The molecule has 6 N–H and O–H groups in total. The first kappa shape index (κ1) is 27.9. The number of anilines is 2. The predicted molar refractivity (Wildman–Crippen MR) is 153 cm³/mol. The van der Waals surface area contributed by atoms with Crippen LogP contribution in [0.2, 0.25) is 5.02 Å². The van der Waals surface area contributed by atoms with E-state index in [4.69, 9.17) is 11.6 Å². The number of methoxy groups -OCH3 is 1. The number of H-pyrrole nitrogens is 1. The molecule has 13 heteroatoms. The lowest BCUT2D eigenvalue weighted by atomic mass is 10.0. The van der Waals surface area contributed by atoms with Gasteiger partial charge in [0.05, 0.1) is 49.0 Å². The molecule has 3 heterocycles. The summed E-state index contributed by atoms with van der Waals surface area (Å²) >= 11 is 6.11. The van der Waals surface area contributed by atoms with Gasteiger partial charge in [0.2, 0.25) is 11.8 Å². The molecule has 2 aromatic carbocycles. The number of nitrogens with zero attached hydrogens (tertiary/aromatic N) is 2. The minimum Gasteiger partial charge on any atom is -0.453 e. The number of hydrogen-bond donors (Lipinski definition) is 6. The third-order valence-corrected chi connectivity index (χ3v) is 6.84. The van der Waals surface area contributed by atoms with Crippen molar-refractivity contribution in [3.63, 3.8) is 0 Å². The van der Waals surface area contributed by atoms with Crippen molar-refractivity contribution in [2.75, 3.05) is 17.7 Å². The highest BCUT2D eigenvalue weighted by atomic mass is 35.5. The smallest absolute Gasteiger partial charge is 0.411 e. The van der Waals surface area contributed by atoms with E-state index in [-0.39, 0.29) is 12.3 Å². The highest BCUT2D eigenvalue weighted by Gasteiger charge is 2.29. The SMILES string of the molecule is COC(=O)Nc1ccc2c(c1)NC(=O)CC(O)/C=C/C[C@H](NC(=O)C1CC(c3cccc(Cl)c3)=NN1)c1ncc-2[nH]1. The standard InChI is InChI=1S/C28H28ClN7O5/c1-41-28(40)31-17-8-9-19-22(11-17)32-25(38)12-18(37)6-3-7-20(26-30-14-24(19)33-26)34-27(39)23-13-21(35-36-23)15-4-2-5-16(29)10-15/h2-6,8-11,14,18,20,23,36-37H,7,12-13H2,1H3,(H,30,33)(H,31,40)(H,32,38)(H,34,39)/b6-3+/t18?,20-,23?/m0/s1. The molecule has 2 unspecified atom stereocenters. The average Bonchev–Trinajstić information content (AvgIpc) is 3.63. The Morgan fingerprint density at radius 2 is 2.02 bits per heavy atom. The third kappa shape index (κ3) is 6.73. The monoisotopic (exact) mass is 577 g/mol. The zero-order valence-electron chi connectivity index (χ0n) is 22.0. The fourth-order valence-electron chi connectivity index (χ4n) is 4.56. The van der Waals surface area contributed by atoms with E-state index in [1.54, 1.807) is 42.6 Å². The lowest BCUT2D eigenvalue weighted by molar-refractivity contribution is -0.123. The van der Waals surface area contributed by atoms with E-state index in [9.17, 15) is 19.5 Å². The van der Waals surface area contributed by atoms with Gasteiger partial charge in [-0.3, -0.25) is 20.3 Å². The van der Waals surface area contributed by atoms with Gasteiger partial charge in [-0.15, -0.1) is 0 Å². The van der Waals surface area contributed by atoms with Crippen molar-refractivity contribution in [3.8, 4) is 11.3 Å². The highest BCUT2D eigenvalue weighted by molar-refractivity contribution is 6.31. The van der Waals surface area contributed by atoms with Crippen LogP contribution >= 0.6 is 11.6 Å². The Kier molecular flexibility index (Phi) is 8.31. The number of fused-ring (bicyclic) bond motifs is 4. The number of aliphatic hydroxyl groups is 1. The van der Waals surface area contributed by atoms with E-state index in [0.717, 1.165) is 11.3 Å². The summed E-state index contributed by atoms with van der Waals surface area (Å²) in [6, 6.07) is 11.1. The molecule has 12 nitrogen and oxygen atoms in total. The second-order valence-corrected chi connectivity index (χ2v) is 9.99. The number of benzene rings is 2. The van der Waals surface area contributed by atoms with Crippen LogP contribution < -0.4 is 21.4 Å². The number of halogens is 1. The molecule has 212 valence electrons. The summed E-state index contributed by atoms with van der Waals surface area (Å²) in [6.07, 6.45) is 3.58. The van der Waals surface area contributed by atoms with Crippen LogP contribution in [-0.2, 0) is 14.3 Å². The van der Waals surface area contributed by atoms with Crippen molar-refractivity contribution in [3.05, 3.63) is 77.2 Å². The Morgan fingerprint density at radius 3 is 2.83 bits per heavy atom. The number of imidazole rings is 1. The Morgan fingerprint density at radius 1 is 1.17 bits per heavy atom. The van der Waals surface area contributed by atoms with Crippen molar-refractivity contribution in [2.24, 2.45) is 5.10 Å². The Labute approximate surface area is 240 Å². The molecule has 1 aromatic heterocycles. The second kappa shape index (κ2) is 12.2. The van der Waals surface area contributed by atoms with Gasteiger partial charge in [-0.25, -0.2) is 9.78 Å². The van der Waals surface area contributed by atoms with Gasteiger partial charge in [-0.05, 0) is 42.3 Å². The summed E-state index contributed by atoms with van der Waals surface area (Å²) in [5.74, 6) is -0.220. The maximum atomic E-state index is 13.3. The van der Waals surface area contributed by atoms with Gasteiger partial charge in [-0.1, -0.05) is 35.9 Å². The van der Waals surface area contributed by atoms with E-state index in [0.29, 0.717) is 46.3 Å². The molecule has 0 aliphatic carbocycles. The normalized spacial score (nSPS) is 21.0. The Hall–Kier alpha value is -4.68. The molecule has 0 saturated heterocycles. The van der Waals surface area contributed by atoms with Crippen LogP contribution in [0, 0.1) is 0 Å². The fourth-order valence-corrected chi connectivity index (χ4v) is 4.75. The summed E-state index contributed by atoms with van der Waals surface area (Å²) < 4.78 is 4.65. The largest absolute Gasteiger partial charge is 0.453 e. The van der Waals surface area contributed by atoms with Crippen LogP contribution in [0.1, 0.15) is 36.7 Å². The number of carbonyl (C=O) groups excluding carboxylic acids is 3. The van der Waals surface area contributed by atoms with Crippen molar-refractivity contribution >= 4 is 46.6 Å². The molecule has 2 aliphatic rings. The molecule has 2 aliphatic heterocycles. The maximum Gasteiger partial charge on any atom is 0.411 e. The topological polar surface area (TPSA) is 170 Å². The molecule has 5 rings (SSSR count). The number of aromatic amines is 1. The number of nitrogens with one attached hydrogen (secondary N) is 5. The summed E-state index contributed by atoms with van der Waals surface area (Å²) in [6.45, 7) is 0. The number of rotatable bonds is 4. The number of carbonyl (C=O) groups is 3. The minimum atomic E-state index is -1.05. The van der Waals surface area contributed by atoms with Gasteiger partial charge in [0, 0.05) is 22.7 Å². The number of aromatic nitrogens is 2. The quantitative estimate of drug-likeness (QED) is 0.258. The van der Waals surface area contributed by atoms with Crippen LogP contribution in [0.15, 0.2) is 65.9 Å². The molecule has 0 radical (unpaired) electrons. The van der Waals surface area contributed by atoms with E-state index >= 15 is 0 Å². The van der Waals surface area contributed by atoms with Gasteiger partial charge in [-0.2, -0.15) is 5.10 Å². The number of ether oxygens (including phenoxy) is 1. The Bertz CT molecular complexity index is 1540. The fraction of sp³-hybridized carbons (Fsp3) is 0.250. The number of aliphatic hydroxyl groups excluding tert-OH is 1. The van der Waals surface area contributed by atoms with Gasteiger partial charge < -0.3 is 25.5 Å². The molecular formula is C28H28ClN7O5. The first-order valence-corrected chi connectivity index (χ1v) is 13.2. The van der Waals surface area contributed by atoms with Crippen LogP contribution in [0.3, 0.4) is 0 Å². The van der Waals surface area contributed by atoms with Crippen molar-refractivity contribution < 1.29 is 24.2 Å². The molecular weight excluding hydrogens is 550 g/mol. The molecule has 0 spiro atoms. The molecule has 41 heavy (non-hydrogen) atoms. The summed E-state index contributed by atoms with van der Waals surface area (Å²) in [5.41, 5.74) is 6.41. The van der Waals surface area contributed by atoms with Gasteiger partial charge in [0.25, 0.3) is 0 Å². The number of hydrogen-bond acceptors (Lipinski definition) is 8. The average molecular weight is 578 g/mol. The Balaban J connectivity index is 1.38. The van der Waals surface area contributed by atoms with Gasteiger partial charge in [0.1, 0.15) is 11.9 Å². The third-order valence-electron chi connectivity index (χ3n) is 6.61. The van der Waals surface area contributed by atoms with Gasteiger partial charge in [0.15, 0.2) is 0 Å². The lowest BCUT2D eigenvalue weighted by Gasteiger charge is -2.18. The van der Waals surface area contributed by atoms with Crippen LogP contribution in [0.5, 0.6) is 0 Å². The maximum absolute atomic E-state index is 13.3. The first-order chi connectivity index (χ1) is 19.8. The zero-order valence-corrected chi connectivity index (χ0v) is 22.7. The van der Waals surface area contributed by atoms with Crippen molar-refractivity contribution in [1.29, 1.82) is 0 Å². The highest BCUT2D eigenvalue weighted by Crippen LogP contribution is 2.31. The van der Waals surface area contributed by atoms with Crippen LogP contribution in [0.25, 0.3) is 11.3 Å².